The third-order valence-electron chi connectivity index (χ3n) is 1.92. The number of thiazole rings is 1. The Morgan fingerprint density at radius 2 is 2.54 bits per heavy atom. The van der Waals surface area contributed by atoms with E-state index in [4.69, 9.17) is 0 Å². The lowest BCUT2D eigenvalue weighted by atomic mass is 10.2. The molecular formula is C8H11IN2S2. The third kappa shape index (κ3) is 2.57. The molecule has 0 radical (unpaired) electrons. The Morgan fingerprint density at radius 3 is 3.08 bits per heavy atom. The van der Waals surface area contributed by atoms with Crippen molar-refractivity contribution in [2.24, 2.45) is 5.92 Å². The van der Waals surface area contributed by atoms with E-state index >= 15 is 0 Å². The zero-order valence-corrected chi connectivity index (χ0v) is 11.1. The van der Waals surface area contributed by atoms with Crippen LogP contribution in [0.4, 0.5) is 0 Å². The van der Waals surface area contributed by atoms with Crippen molar-refractivity contribution < 1.29 is 0 Å². The highest BCUT2D eigenvalue weighted by atomic mass is 127. The molecule has 5 heteroatoms. The molecule has 2 unspecified atom stereocenters. The van der Waals surface area contributed by atoms with Crippen LogP contribution in [0.3, 0.4) is 0 Å². The van der Waals surface area contributed by atoms with Crippen molar-refractivity contribution in [2.45, 2.75) is 12.3 Å². The molecule has 72 valence electrons. The van der Waals surface area contributed by atoms with Crippen molar-refractivity contribution >= 4 is 45.7 Å². The first-order valence-electron chi connectivity index (χ1n) is 4.22. The van der Waals surface area contributed by atoms with E-state index in [1.165, 1.54) is 13.6 Å². The van der Waals surface area contributed by atoms with Gasteiger partial charge in [-0.15, -0.1) is 23.1 Å². The molecule has 0 aromatic carbocycles. The zero-order chi connectivity index (χ0) is 9.26. The lowest BCUT2D eigenvalue weighted by Crippen LogP contribution is -2.31. The van der Waals surface area contributed by atoms with Gasteiger partial charge in [0, 0.05) is 0 Å². The Bertz CT molecular complexity index is 281. The standard InChI is InChI=1S/C8H11IN2S2/c1-5-2-10-7(12-4-5)8-11-3-6(9)13-8/h3,5,7,10H,2,4H2,1H3. The van der Waals surface area contributed by atoms with Crippen LogP contribution in [-0.4, -0.2) is 17.3 Å². The van der Waals surface area contributed by atoms with Crippen molar-refractivity contribution in [2.75, 3.05) is 12.3 Å². The third-order valence-corrected chi connectivity index (χ3v) is 5.34. The minimum atomic E-state index is 0.435. The van der Waals surface area contributed by atoms with Gasteiger partial charge in [0.25, 0.3) is 0 Å². The summed E-state index contributed by atoms with van der Waals surface area (Å²) >= 11 is 6.08. The van der Waals surface area contributed by atoms with Crippen LogP contribution in [0.1, 0.15) is 17.3 Å². The molecule has 1 aliphatic rings. The maximum absolute atomic E-state index is 4.39. The van der Waals surface area contributed by atoms with Gasteiger partial charge in [-0.3, -0.25) is 5.32 Å². The average molecular weight is 326 g/mol. The highest BCUT2D eigenvalue weighted by Crippen LogP contribution is 2.33. The van der Waals surface area contributed by atoms with E-state index in [9.17, 15) is 0 Å². The van der Waals surface area contributed by atoms with Crippen LogP contribution in [0.25, 0.3) is 0 Å². The van der Waals surface area contributed by atoms with Gasteiger partial charge in [0.2, 0.25) is 0 Å². The Hall–Kier alpha value is 0.670. The van der Waals surface area contributed by atoms with E-state index in [-0.39, 0.29) is 0 Å². The number of rotatable bonds is 1. The summed E-state index contributed by atoms with van der Waals surface area (Å²) in [4.78, 5) is 4.39. The van der Waals surface area contributed by atoms with Gasteiger partial charge in [0.05, 0.1) is 9.08 Å². The Morgan fingerprint density at radius 1 is 1.69 bits per heavy atom. The fraction of sp³-hybridized carbons (Fsp3) is 0.625. The normalized spacial score (nSPS) is 29.1. The van der Waals surface area contributed by atoms with E-state index < -0.39 is 0 Å². The number of hydrogen-bond donors (Lipinski definition) is 1. The molecule has 0 spiro atoms. The molecule has 1 fully saturated rings. The molecule has 13 heavy (non-hydrogen) atoms. The number of thioether (sulfide) groups is 1. The van der Waals surface area contributed by atoms with Gasteiger partial charge in [-0.1, -0.05) is 6.92 Å². The van der Waals surface area contributed by atoms with Crippen molar-refractivity contribution in [1.82, 2.24) is 10.3 Å². The maximum Gasteiger partial charge on any atom is 0.121 e. The summed E-state index contributed by atoms with van der Waals surface area (Å²) in [5, 5.41) is 5.16. The molecular weight excluding hydrogens is 315 g/mol. The van der Waals surface area contributed by atoms with Gasteiger partial charge in [0.1, 0.15) is 10.4 Å². The fourth-order valence-corrected chi connectivity index (χ4v) is 4.06. The lowest BCUT2D eigenvalue weighted by molar-refractivity contribution is 0.528. The molecule has 1 aliphatic heterocycles. The van der Waals surface area contributed by atoms with Crippen LogP contribution in [0.2, 0.25) is 0 Å². The van der Waals surface area contributed by atoms with E-state index in [0.29, 0.717) is 5.37 Å². The van der Waals surface area contributed by atoms with E-state index in [2.05, 4.69) is 39.8 Å². The van der Waals surface area contributed by atoms with E-state index in [0.717, 1.165) is 12.5 Å². The Balaban J connectivity index is 2.02. The fourth-order valence-electron chi connectivity index (χ4n) is 1.23. The SMILES string of the molecule is CC1CNC(c2ncc(I)s2)SC1. The van der Waals surface area contributed by atoms with Crippen LogP contribution in [0.15, 0.2) is 6.20 Å². The maximum atomic E-state index is 4.39. The van der Waals surface area contributed by atoms with Crippen LogP contribution in [0, 0.1) is 8.80 Å². The van der Waals surface area contributed by atoms with Gasteiger partial charge >= 0.3 is 0 Å². The highest BCUT2D eigenvalue weighted by Gasteiger charge is 2.21. The first kappa shape index (κ1) is 10.2. The highest BCUT2D eigenvalue weighted by molar-refractivity contribution is 14.1. The van der Waals surface area contributed by atoms with Gasteiger partial charge in [0.15, 0.2) is 0 Å². The van der Waals surface area contributed by atoms with Crippen molar-refractivity contribution in [1.29, 1.82) is 0 Å². The summed E-state index contributed by atoms with van der Waals surface area (Å²) in [6.45, 7) is 3.40. The molecule has 2 heterocycles. The van der Waals surface area contributed by atoms with Crippen molar-refractivity contribution in [3.05, 3.63) is 14.1 Å². The van der Waals surface area contributed by atoms with Crippen molar-refractivity contribution in [3.63, 3.8) is 0 Å². The summed E-state index contributed by atoms with van der Waals surface area (Å²) in [5.74, 6) is 2.04. The second kappa shape index (κ2) is 4.46. The smallest absolute Gasteiger partial charge is 0.121 e. The molecule has 2 atom stereocenters. The predicted molar refractivity (Wildman–Crippen MR) is 67.2 cm³/mol. The molecule has 0 aliphatic carbocycles. The summed E-state index contributed by atoms with van der Waals surface area (Å²) in [5.41, 5.74) is 0. The van der Waals surface area contributed by atoms with Crippen LogP contribution in [0.5, 0.6) is 0 Å². The average Bonchev–Trinajstić information content (AvgIpc) is 2.53. The van der Waals surface area contributed by atoms with Gasteiger partial charge in [-0.25, -0.2) is 4.98 Å². The molecule has 2 nitrogen and oxygen atoms in total. The summed E-state index contributed by atoms with van der Waals surface area (Å²) in [6, 6.07) is 0. The van der Waals surface area contributed by atoms with Crippen molar-refractivity contribution in [3.8, 4) is 0 Å². The number of nitrogens with zero attached hydrogens (tertiary/aromatic N) is 1. The van der Waals surface area contributed by atoms with Gasteiger partial charge in [-0.05, 0) is 40.8 Å². The molecule has 1 aromatic rings. The molecule has 0 saturated carbocycles. The lowest BCUT2D eigenvalue weighted by Gasteiger charge is -2.25. The monoisotopic (exact) mass is 326 g/mol. The summed E-state index contributed by atoms with van der Waals surface area (Å²) < 4.78 is 1.27. The number of hydrogen-bond acceptors (Lipinski definition) is 4. The minimum absolute atomic E-state index is 0.435. The minimum Gasteiger partial charge on any atom is -0.299 e. The Labute approximate surface area is 100 Å². The summed E-state index contributed by atoms with van der Waals surface area (Å²) in [7, 11) is 0. The largest absolute Gasteiger partial charge is 0.299 e. The summed E-state index contributed by atoms with van der Waals surface area (Å²) in [6.07, 6.45) is 1.95. The molecule has 0 amide bonds. The van der Waals surface area contributed by atoms with Gasteiger partial charge in [-0.2, -0.15) is 0 Å². The zero-order valence-electron chi connectivity index (χ0n) is 7.29. The van der Waals surface area contributed by atoms with Gasteiger partial charge < -0.3 is 0 Å². The van der Waals surface area contributed by atoms with E-state index in [1.807, 2.05) is 18.0 Å². The second-order valence-electron chi connectivity index (χ2n) is 3.23. The molecule has 1 aromatic heterocycles. The molecule has 2 rings (SSSR count). The first-order chi connectivity index (χ1) is 6.25. The second-order valence-corrected chi connectivity index (χ2v) is 7.32. The van der Waals surface area contributed by atoms with E-state index in [1.54, 1.807) is 11.3 Å². The van der Waals surface area contributed by atoms with Crippen LogP contribution >= 0.6 is 45.7 Å². The molecule has 0 bridgehead atoms. The first-order valence-corrected chi connectivity index (χ1v) is 7.16. The number of nitrogens with one attached hydrogen (secondary N) is 1. The number of halogens is 1. The number of aromatic nitrogens is 1. The Kier molecular flexibility index (Phi) is 3.50. The van der Waals surface area contributed by atoms with Crippen LogP contribution < -0.4 is 5.32 Å². The molecule has 1 N–H and O–H groups in total. The van der Waals surface area contributed by atoms with Crippen LogP contribution in [-0.2, 0) is 0 Å². The quantitative estimate of drug-likeness (QED) is 0.804. The topological polar surface area (TPSA) is 24.9 Å². The predicted octanol–water partition coefficient (Wildman–Crippen LogP) is 2.72. The molecule has 1 saturated heterocycles.